The quantitative estimate of drug-likeness (QED) is 0.588. The first-order chi connectivity index (χ1) is 14.8. The first-order valence-corrected chi connectivity index (χ1v) is 12.4. The molecule has 6 nitrogen and oxygen atoms in total. The summed E-state index contributed by atoms with van der Waals surface area (Å²) in [6, 6.07) is 2.66. The SMILES string of the molecule is CC(C)(O)c1ccc(S(N)(=O)=NC(=O)NC2=C3CCCC3=C(F)C3CCCC23C)c(F)c1. The number of hydrogen-bond donors (Lipinski definition) is 3. The zero-order valence-corrected chi connectivity index (χ0v) is 19.3. The average molecular weight is 466 g/mol. The fourth-order valence-electron chi connectivity index (χ4n) is 5.35. The highest BCUT2D eigenvalue weighted by Gasteiger charge is 2.50. The molecule has 3 aliphatic carbocycles. The van der Waals surface area contributed by atoms with Gasteiger partial charge < -0.3 is 10.4 Å². The standard InChI is InChI=1S/C23H29F2N3O3S/c1-22(2,30)13-9-10-18(17(24)12-13)32(26,31)28-21(29)27-20-15-7-4-6-14(15)19(25)16-8-5-11-23(16,20)3/h9-10,12,16,30H,4-8,11H2,1-3H3,(H3,26,27,28,29,31). The molecule has 4 N–H and O–H groups in total. The van der Waals surface area contributed by atoms with Crippen LogP contribution in [-0.4, -0.2) is 15.3 Å². The Morgan fingerprint density at radius 1 is 1.28 bits per heavy atom. The second-order valence-electron chi connectivity index (χ2n) is 9.69. The highest BCUT2D eigenvalue weighted by molar-refractivity contribution is 7.91. The van der Waals surface area contributed by atoms with Crippen molar-refractivity contribution in [1.82, 2.24) is 5.32 Å². The van der Waals surface area contributed by atoms with E-state index in [9.17, 15) is 18.5 Å². The summed E-state index contributed by atoms with van der Waals surface area (Å²) in [5, 5.41) is 18.6. The highest BCUT2D eigenvalue weighted by Crippen LogP contribution is 2.58. The van der Waals surface area contributed by atoms with Crippen molar-refractivity contribution in [3.63, 3.8) is 0 Å². The number of halogens is 2. The van der Waals surface area contributed by atoms with Crippen LogP contribution in [0.3, 0.4) is 0 Å². The number of carbonyl (C=O) groups excluding carboxylic acids is 1. The predicted molar refractivity (Wildman–Crippen MR) is 118 cm³/mol. The molecule has 0 heterocycles. The molecule has 1 aromatic carbocycles. The number of hydrogen-bond acceptors (Lipinski definition) is 3. The molecule has 0 radical (unpaired) electrons. The van der Waals surface area contributed by atoms with Gasteiger partial charge in [0.1, 0.15) is 21.6 Å². The minimum absolute atomic E-state index is 0.0657. The van der Waals surface area contributed by atoms with Crippen LogP contribution in [0.5, 0.6) is 0 Å². The number of aliphatic hydroxyl groups is 1. The molecule has 174 valence electrons. The number of amides is 2. The van der Waals surface area contributed by atoms with E-state index in [0.29, 0.717) is 30.5 Å². The van der Waals surface area contributed by atoms with Crippen LogP contribution in [-0.2, 0) is 15.5 Å². The van der Waals surface area contributed by atoms with Crippen molar-refractivity contribution in [1.29, 1.82) is 0 Å². The van der Waals surface area contributed by atoms with Crippen molar-refractivity contribution in [3.05, 3.63) is 52.2 Å². The Kier molecular flexibility index (Phi) is 5.58. The molecule has 9 heteroatoms. The van der Waals surface area contributed by atoms with Gasteiger partial charge in [-0.1, -0.05) is 19.4 Å². The van der Waals surface area contributed by atoms with Crippen LogP contribution in [0.1, 0.15) is 64.9 Å². The van der Waals surface area contributed by atoms with E-state index in [2.05, 4.69) is 9.68 Å². The van der Waals surface area contributed by atoms with Crippen molar-refractivity contribution >= 4 is 15.9 Å². The third-order valence-corrected chi connectivity index (χ3v) is 8.45. The molecule has 2 fully saturated rings. The third kappa shape index (κ3) is 3.80. The van der Waals surface area contributed by atoms with E-state index in [4.69, 9.17) is 5.14 Å². The van der Waals surface area contributed by atoms with E-state index in [-0.39, 0.29) is 17.3 Å². The van der Waals surface area contributed by atoms with Gasteiger partial charge in [-0.3, -0.25) is 0 Å². The van der Waals surface area contributed by atoms with E-state index in [1.54, 1.807) is 0 Å². The molecule has 2 amide bonds. The zero-order valence-electron chi connectivity index (χ0n) is 18.5. The molecule has 0 bridgehead atoms. The third-order valence-electron chi connectivity index (χ3n) is 7.05. The average Bonchev–Trinajstić information content (AvgIpc) is 3.31. The summed E-state index contributed by atoms with van der Waals surface area (Å²) < 4.78 is 46.3. The lowest BCUT2D eigenvalue weighted by molar-refractivity contribution is 0.0781. The summed E-state index contributed by atoms with van der Waals surface area (Å²) in [6.45, 7) is 4.92. The van der Waals surface area contributed by atoms with E-state index >= 15 is 4.39 Å². The van der Waals surface area contributed by atoms with Crippen LogP contribution < -0.4 is 10.5 Å². The maximum atomic E-state index is 15.1. The van der Waals surface area contributed by atoms with E-state index in [0.717, 1.165) is 30.9 Å². The van der Waals surface area contributed by atoms with Crippen LogP contribution in [0, 0.1) is 17.2 Å². The van der Waals surface area contributed by atoms with Gasteiger partial charge in [-0.05, 0) is 74.8 Å². The number of benzene rings is 1. The first kappa shape index (κ1) is 23.1. The van der Waals surface area contributed by atoms with Gasteiger partial charge in [0.2, 0.25) is 0 Å². The fourth-order valence-corrected chi connectivity index (χ4v) is 6.34. The Balaban J connectivity index is 1.68. The first-order valence-electron chi connectivity index (χ1n) is 10.9. The lowest BCUT2D eigenvalue weighted by Crippen LogP contribution is -2.39. The van der Waals surface area contributed by atoms with Gasteiger partial charge in [-0.25, -0.2) is 22.9 Å². The van der Waals surface area contributed by atoms with Gasteiger partial charge in [0.05, 0.1) is 10.5 Å². The molecular weight excluding hydrogens is 436 g/mol. The number of fused-ring (bicyclic) bond motifs is 2. The van der Waals surface area contributed by atoms with Crippen molar-refractivity contribution in [2.75, 3.05) is 0 Å². The van der Waals surface area contributed by atoms with Crippen LogP contribution in [0.25, 0.3) is 0 Å². The van der Waals surface area contributed by atoms with Crippen LogP contribution in [0.2, 0.25) is 0 Å². The minimum atomic E-state index is -3.88. The topological polar surface area (TPSA) is 105 Å². The van der Waals surface area contributed by atoms with Gasteiger partial charge in [-0.15, -0.1) is 4.36 Å². The van der Waals surface area contributed by atoms with Crippen molar-refractivity contribution in [3.8, 4) is 0 Å². The number of nitrogens with two attached hydrogens (primary N) is 1. The van der Waals surface area contributed by atoms with Crippen molar-refractivity contribution in [2.24, 2.45) is 20.8 Å². The normalized spacial score (nSPS) is 27.2. The molecule has 3 aliphatic rings. The molecule has 3 unspecified atom stereocenters. The smallest absolute Gasteiger partial charge is 0.354 e. The van der Waals surface area contributed by atoms with Gasteiger partial charge in [-0.2, -0.15) is 0 Å². The molecule has 0 spiro atoms. The highest BCUT2D eigenvalue weighted by atomic mass is 32.2. The molecule has 2 saturated carbocycles. The maximum Gasteiger partial charge on any atom is 0.354 e. The summed E-state index contributed by atoms with van der Waals surface area (Å²) in [7, 11) is -3.88. The number of rotatable bonds is 3. The van der Waals surface area contributed by atoms with Crippen LogP contribution >= 0.6 is 0 Å². The van der Waals surface area contributed by atoms with Crippen LogP contribution in [0.15, 0.2) is 50.1 Å². The summed E-state index contributed by atoms with van der Waals surface area (Å²) in [6.07, 6.45) is 4.38. The summed E-state index contributed by atoms with van der Waals surface area (Å²) in [5.41, 5.74) is 0.522. The van der Waals surface area contributed by atoms with E-state index in [1.165, 1.54) is 26.0 Å². The molecule has 4 rings (SSSR count). The molecule has 3 atom stereocenters. The minimum Gasteiger partial charge on any atom is -0.386 e. The fraction of sp³-hybridized carbons (Fsp3) is 0.522. The number of carbonyl (C=O) groups is 1. The van der Waals surface area contributed by atoms with Crippen molar-refractivity contribution in [2.45, 2.75) is 69.8 Å². The second-order valence-corrected chi connectivity index (χ2v) is 11.4. The molecule has 0 aliphatic heterocycles. The Morgan fingerprint density at radius 2 is 1.97 bits per heavy atom. The summed E-state index contributed by atoms with van der Waals surface area (Å²) in [4.78, 5) is 12.4. The van der Waals surface area contributed by atoms with Crippen LogP contribution in [0.4, 0.5) is 13.6 Å². The lowest BCUT2D eigenvalue weighted by atomic mass is 9.70. The van der Waals surface area contributed by atoms with Gasteiger partial charge in [0.25, 0.3) is 0 Å². The molecule has 0 saturated heterocycles. The predicted octanol–water partition coefficient (Wildman–Crippen LogP) is 4.94. The lowest BCUT2D eigenvalue weighted by Gasteiger charge is -2.39. The monoisotopic (exact) mass is 465 g/mol. The van der Waals surface area contributed by atoms with E-state index in [1.807, 2.05) is 6.92 Å². The summed E-state index contributed by atoms with van der Waals surface area (Å²) in [5.74, 6) is -1.27. The molecule has 1 aromatic rings. The Morgan fingerprint density at radius 3 is 2.62 bits per heavy atom. The van der Waals surface area contributed by atoms with Gasteiger partial charge >= 0.3 is 6.03 Å². The summed E-state index contributed by atoms with van der Waals surface area (Å²) >= 11 is 0. The zero-order chi connectivity index (χ0) is 23.5. The number of urea groups is 1. The Bertz CT molecular complexity index is 1180. The number of nitrogens with zero attached hydrogens (tertiary/aromatic N) is 1. The largest absolute Gasteiger partial charge is 0.386 e. The van der Waals surface area contributed by atoms with Crippen molar-refractivity contribution < 1.29 is 22.9 Å². The Labute approximate surface area is 187 Å². The molecular formula is C23H29F2N3O3S. The van der Waals surface area contributed by atoms with Gasteiger partial charge in [0.15, 0.2) is 0 Å². The van der Waals surface area contributed by atoms with E-state index < -0.39 is 37.7 Å². The number of nitrogens with one attached hydrogen (secondary N) is 1. The maximum absolute atomic E-state index is 15.1. The van der Waals surface area contributed by atoms with Gasteiger partial charge in [0, 0.05) is 17.0 Å². The molecule has 32 heavy (non-hydrogen) atoms. The Hall–Kier alpha value is -2.10. The number of allylic oxidation sites excluding steroid dienone is 4. The molecule has 0 aromatic heterocycles. The second kappa shape index (κ2) is 7.74.